The SMILES string of the molecule is CCNCC(CC)(CC)CN(C)CC(C)(C)O. The van der Waals surface area contributed by atoms with Crippen molar-refractivity contribution < 1.29 is 5.11 Å². The molecule has 0 unspecified atom stereocenters. The average Bonchev–Trinajstić information content (AvgIpc) is 2.21. The third-order valence-corrected chi connectivity index (χ3v) is 3.51. The normalized spacial score (nSPS) is 13.4. The van der Waals surface area contributed by atoms with Crippen molar-refractivity contribution in [2.45, 2.75) is 53.1 Å². The second kappa shape index (κ2) is 7.34. The lowest BCUT2D eigenvalue weighted by Gasteiger charge is -2.37. The number of hydrogen-bond acceptors (Lipinski definition) is 3. The van der Waals surface area contributed by atoms with E-state index in [9.17, 15) is 5.11 Å². The fourth-order valence-electron chi connectivity index (χ4n) is 2.46. The van der Waals surface area contributed by atoms with E-state index >= 15 is 0 Å². The Kier molecular flexibility index (Phi) is 7.29. The molecule has 0 bridgehead atoms. The second-order valence-corrected chi connectivity index (χ2v) is 5.97. The van der Waals surface area contributed by atoms with Crippen LogP contribution in [0.15, 0.2) is 0 Å². The summed E-state index contributed by atoms with van der Waals surface area (Å²) >= 11 is 0. The molecule has 17 heavy (non-hydrogen) atoms. The quantitative estimate of drug-likeness (QED) is 0.652. The standard InChI is InChI=1S/C14H32N2O/c1-7-14(8-2,10-15-9-3)12-16(6)11-13(4,5)17/h15,17H,7-12H2,1-6H3. The minimum absolute atomic E-state index is 0.329. The first-order valence-corrected chi connectivity index (χ1v) is 6.90. The van der Waals surface area contributed by atoms with Crippen LogP contribution in [0.3, 0.4) is 0 Å². The predicted octanol–water partition coefficient (Wildman–Crippen LogP) is 2.11. The monoisotopic (exact) mass is 244 g/mol. The van der Waals surface area contributed by atoms with Gasteiger partial charge in [-0.1, -0.05) is 20.8 Å². The van der Waals surface area contributed by atoms with Gasteiger partial charge in [0, 0.05) is 19.6 Å². The third-order valence-electron chi connectivity index (χ3n) is 3.51. The highest BCUT2D eigenvalue weighted by atomic mass is 16.3. The molecule has 0 aliphatic heterocycles. The van der Waals surface area contributed by atoms with E-state index in [1.807, 2.05) is 13.8 Å². The molecule has 0 aliphatic carbocycles. The van der Waals surface area contributed by atoms with Gasteiger partial charge in [0.2, 0.25) is 0 Å². The summed E-state index contributed by atoms with van der Waals surface area (Å²) in [4.78, 5) is 2.25. The Hall–Kier alpha value is -0.120. The zero-order valence-electron chi connectivity index (χ0n) is 12.6. The molecule has 0 spiro atoms. The fraction of sp³-hybridized carbons (Fsp3) is 1.00. The molecule has 0 radical (unpaired) electrons. The van der Waals surface area contributed by atoms with E-state index in [1.54, 1.807) is 0 Å². The molecule has 0 rings (SSSR count). The number of nitrogens with one attached hydrogen (secondary N) is 1. The molecule has 2 N–H and O–H groups in total. The molecular formula is C14H32N2O. The maximum absolute atomic E-state index is 9.85. The van der Waals surface area contributed by atoms with Crippen molar-refractivity contribution in [2.24, 2.45) is 5.41 Å². The van der Waals surface area contributed by atoms with Gasteiger partial charge in [0.1, 0.15) is 0 Å². The Bertz CT molecular complexity index is 195. The average molecular weight is 244 g/mol. The molecule has 3 nitrogen and oxygen atoms in total. The van der Waals surface area contributed by atoms with Crippen molar-refractivity contribution in [1.82, 2.24) is 10.2 Å². The van der Waals surface area contributed by atoms with Gasteiger partial charge in [0.15, 0.2) is 0 Å². The van der Waals surface area contributed by atoms with Crippen LogP contribution in [0.4, 0.5) is 0 Å². The molecule has 0 saturated heterocycles. The van der Waals surface area contributed by atoms with Gasteiger partial charge < -0.3 is 15.3 Å². The Morgan fingerprint density at radius 1 is 1.06 bits per heavy atom. The van der Waals surface area contributed by atoms with Gasteiger partial charge in [-0.3, -0.25) is 0 Å². The van der Waals surface area contributed by atoms with Gasteiger partial charge >= 0.3 is 0 Å². The zero-order valence-corrected chi connectivity index (χ0v) is 12.6. The maximum atomic E-state index is 9.85. The highest BCUT2D eigenvalue weighted by molar-refractivity contribution is 4.83. The summed E-state index contributed by atoms with van der Waals surface area (Å²) in [7, 11) is 2.10. The minimum Gasteiger partial charge on any atom is -0.389 e. The highest BCUT2D eigenvalue weighted by Crippen LogP contribution is 2.27. The van der Waals surface area contributed by atoms with Crippen LogP contribution in [0.5, 0.6) is 0 Å². The van der Waals surface area contributed by atoms with Crippen LogP contribution in [-0.2, 0) is 0 Å². The van der Waals surface area contributed by atoms with Crippen molar-refractivity contribution in [2.75, 3.05) is 33.2 Å². The second-order valence-electron chi connectivity index (χ2n) is 5.97. The molecule has 0 heterocycles. The third kappa shape index (κ3) is 7.02. The van der Waals surface area contributed by atoms with Gasteiger partial charge in [-0.15, -0.1) is 0 Å². The smallest absolute Gasteiger partial charge is 0.0718 e. The van der Waals surface area contributed by atoms with Crippen LogP contribution in [-0.4, -0.2) is 48.8 Å². The van der Waals surface area contributed by atoms with Crippen LogP contribution in [0, 0.1) is 5.41 Å². The van der Waals surface area contributed by atoms with E-state index in [-0.39, 0.29) is 0 Å². The number of rotatable bonds is 9. The van der Waals surface area contributed by atoms with Gasteiger partial charge in [-0.25, -0.2) is 0 Å². The zero-order chi connectivity index (χ0) is 13.5. The van der Waals surface area contributed by atoms with Crippen LogP contribution < -0.4 is 5.32 Å². The molecule has 0 aromatic carbocycles. The molecule has 3 heteroatoms. The van der Waals surface area contributed by atoms with Gasteiger partial charge in [0.25, 0.3) is 0 Å². The van der Waals surface area contributed by atoms with Gasteiger partial charge in [0.05, 0.1) is 5.60 Å². The van der Waals surface area contributed by atoms with Crippen LogP contribution in [0.2, 0.25) is 0 Å². The van der Waals surface area contributed by atoms with Crippen LogP contribution in [0.25, 0.3) is 0 Å². The molecule has 0 aromatic rings. The minimum atomic E-state index is -0.611. The summed E-state index contributed by atoms with van der Waals surface area (Å²) in [5.74, 6) is 0. The molecule has 104 valence electrons. The summed E-state index contributed by atoms with van der Waals surface area (Å²) in [6.07, 6.45) is 2.35. The van der Waals surface area contributed by atoms with E-state index in [0.29, 0.717) is 5.41 Å². The maximum Gasteiger partial charge on any atom is 0.0718 e. The number of likely N-dealkylation sites (N-methyl/N-ethyl adjacent to an activating group) is 1. The Morgan fingerprint density at radius 2 is 1.59 bits per heavy atom. The molecule has 0 amide bonds. The number of aliphatic hydroxyl groups is 1. The first kappa shape index (κ1) is 16.9. The summed E-state index contributed by atoms with van der Waals surface area (Å²) in [5.41, 5.74) is -0.282. The van der Waals surface area contributed by atoms with Crippen molar-refractivity contribution in [1.29, 1.82) is 0 Å². The van der Waals surface area contributed by atoms with E-state index in [2.05, 4.69) is 38.0 Å². The molecule has 0 aliphatic rings. The highest BCUT2D eigenvalue weighted by Gasteiger charge is 2.28. The van der Waals surface area contributed by atoms with Crippen molar-refractivity contribution in [3.05, 3.63) is 0 Å². The predicted molar refractivity (Wildman–Crippen MR) is 75.4 cm³/mol. The molecular weight excluding hydrogens is 212 g/mol. The first-order valence-electron chi connectivity index (χ1n) is 6.90. The summed E-state index contributed by atoms with van der Waals surface area (Å²) < 4.78 is 0. The fourth-order valence-corrected chi connectivity index (χ4v) is 2.46. The summed E-state index contributed by atoms with van der Waals surface area (Å²) in [6, 6.07) is 0. The van der Waals surface area contributed by atoms with Crippen LogP contribution in [0.1, 0.15) is 47.5 Å². The molecule has 0 fully saturated rings. The summed E-state index contributed by atoms with van der Waals surface area (Å²) in [6.45, 7) is 14.3. The Morgan fingerprint density at radius 3 is 1.94 bits per heavy atom. The first-order chi connectivity index (χ1) is 7.78. The topological polar surface area (TPSA) is 35.5 Å². The van der Waals surface area contributed by atoms with E-state index in [0.717, 1.165) is 26.2 Å². The number of nitrogens with zero attached hydrogens (tertiary/aromatic N) is 1. The van der Waals surface area contributed by atoms with Gasteiger partial charge in [-0.2, -0.15) is 0 Å². The lowest BCUT2D eigenvalue weighted by atomic mass is 9.81. The molecule has 0 saturated carbocycles. The lowest BCUT2D eigenvalue weighted by molar-refractivity contribution is 0.0284. The van der Waals surface area contributed by atoms with E-state index in [4.69, 9.17) is 0 Å². The van der Waals surface area contributed by atoms with E-state index < -0.39 is 5.60 Å². The summed E-state index contributed by atoms with van der Waals surface area (Å²) in [5, 5.41) is 13.3. The van der Waals surface area contributed by atoms with Gasteiger partial charge in [-0.05, 0) is 45.7 Å². The largest absolute Gasteiger partial charge is 0.389 e. The van der Waals surface area contributed by atoms with E-state index in [1.165, 1.54) is 12.8 Å². The number of hydrogen-bond donors (Lipinski definition) is 2. The Labute approximate surface area is 108 Å². The Balaban J connectivity index is 4.41. The van der Waals surface area contributed by atoms with Crippen molar-refractivity contribution in [3.8, 4) is 0 Å². The van der Waals surface area contributed by atoms with Crippen LogP contribution >= 0.6 is 0 Å². The van der Waals surface area contributed by atoms with Crippen molar-refractivity contribution >= 4 is 0 Å². The van der Waals surface area contributed by atoms with Crippen molar-refractivity contribution in [3.63, 3.8) is 0 Å². The molecule has 0 atom stereocenters. The lowest BCUT2D eigenvalue weighted by Crippen LogP contribution is -2.46. The molecule has 0 aromatic heterocycles.